The van der Waals surface area contributed by atoms with Gasteiger partial charge in [0.25, 0.3) is 5.91 Å². The molecule has 1 heterocycles. The van der Waals surface area contributed by atoms with Gasteiger partial charge in [-0.2, -0.15) is 0 Å². The van der Waals surface area contributed by atoms with E-state index in [1.807, 2.05) is 41.8 Å². The van der Waals surface area contributed by atoms with E-state index >= 15 is 0 Å². The number of carbonyl (C=O) groups excluding carboxylic acids is 2. The van der Waals surface area contributed by atoms with Crippen molar-refractivity contribution in [3.8, 4) is 11.5 Å². The third kappa shape index (κ3) is 4.53. The number of nitrogens with zero attached hydrogens (tertiary/aromatic N) is 2. The summed E-state index contributed by atoms with van der Waals surface area (Å²) in [5.41, 5.74) is 0.818. The number of hydrogen-bond donors (Lipinski definition) is 0. The quantitative estimate of drug-likeness (QED) is 0.671. The number of piperazine rings is 1. The minimum Gasteiger partial charge on any atom is -0.493 e. The lowest BCUT2D eigenvalue weighted by atomic mass is 9.91. The van der Waals surface area contributed by atoms with Crippen LogP contribution in [0.15, 0.2) is 18.2 Å². The third-order valence-corrected chi connectivity index (χ3v) is 6.99. The highest BCUT2D eigenvalue weighted by atomic mass is 16.5. The SMILES string of the molecule is COc1cc([C@H]2C(=O)N(C3CCCCC3)CC(=O)N2C2CCCC2)ccc1OC(C)C. The van der Waals surface area contributed by atoms with Gasteiger partial charge in [0.15, 0.2) is 11.5 Å². The minimum atomic E-state index is -0.576. The van der Waals surface area contributed by atoms with E-state index in [4.69, 9.17) is 9.47 Å². The molecule has 3 fully saturated rings. The van der Waals surface area contributed by atoms with Crippen LogP contribution in [-0.2, 0) is 9.59 Å². The van der Waals surface area contributed by atoms with Crippen LogP contribution in [-0.4, -0.2) is 53.5 Å². The molecule has 0 N–H and O–H groups in total. The molecule has 1 saturated heterocycles. The summed E-state index contributed by atoms with van der Waals surface area (Å²) in [5.74, 6) is 1.42. The first-order valence-corrected chi connectivity index (χ1v) is 12.0. The van der Waals surface area contributed by atoms with Gasteiger partial charge >= 0.3 is 0 Å². The maximum absolute atomic E-state index is 13.9. The average Bonchev–Trinajstić information content (AvgIpc) is 3.30. The lowest BCUT2D eigenvalue weighted by molar-refractivity contribution is -0.161. The van der Waals surface area contributed by atoms with Crippen molar-refractivity contribution in [2.75, 3.05) is 13.7 Å². The molecule has 0 spiro atoms. The summed E-state index contributed by atoms with van der Waals surface area (Å²) < 4.78 is 11.5. The average molecular weight is 429 g/mol. The van der Waals surface area contributed by atoms with Crippen LogP contribution in [0, 0.1) is 0 Å². The van der Waals surface area contributed by atoms with Crippen LogP contribution in [0.1, 0.15) is 83.2 Å². The van der Waals surface area contributed by atoms with Crippen molar-refractivity contribution < 1.29 is 19.1 Å². The van der Waals surface area contributed by atoms with E-state index in [1.54, 1.807) is 7.11 Å². The number of hydrogen-bond acceptors (Lipinski definition) is 4. The molecule has 2 aliphatic carbocycles. The van der Waals surface area contributed by atoms with Crippen LogP contribution in [0.4, 0.5) is 0 Å². The third-order valence-electron chi connectivity index (χ3n) is 6.99. The maximum atomic E-state index is 13.9. The molecule has 2 saturated carbocycles. The Morgan fingerprint density at radius 1 is 0.903 bits per heavy atom. The molecule has 6 nitrogen and oxygen atoms in total. The lowest BCUT2D eigenvalue weighted by Crippen LogP contribution is -2.60. The second kappa shape index (κ2) is 9.49. The molecule has 1 atom stereocenters. The zero-order chi connectivity index (χ0) is 22.0. The molecular formula is C25H36N2O4. The number of rotatable bonds is 6. The summed E-state index contributed by atoms with van der Waals surface area (Å²) in [6.45, 7) is 4.17. The van der Waals surface area contributed by atoms with Gasteiger partial charge in [0, 0.05) is 12.1 Å². The van der Waals surface area contributed by atoms with Crippen molar-refractivity contribution in [1.29, 1.82) is 0 Å². The fraction of sp³-hybridized carbons (Fsp3) is 0.680. The highest BCUT2D eigenvalue weighted by Gasteiger charge is 2.46. The number of methoxy groups -OCH3 is 1. The Morgan fingerprint density at radius 3 is 2.19 bits per heavy atom. The Labute approximate surface area is 185 Å². The summed E-state index contributed by atoms with van der Waals surface area (Å²) in [4.78, 5) is 31.0. The van der Waals surface area contributed by atoms with Crippen LogP contribution in [0.3, 0.4) is 0 Å². The van der Waals surface area contributed by atoms with Crippen LogP contribution >= 0.6 is 0 Å². The first-order chi connectivity index (χ1) is 15.0. The molecule has 1 aromatic carbocycles. The van der Waals surface area contributed by atoms with Crippen LogP contribution in [0.25, 0.3) is 0 Å². The van der Waals surface area contributed by atoms with Gasteiger partial charge < -0.3 is 19.3 Å². The monoisotopic (exact) mass is 428 g/mol. The molecule has 170 valence electrons. The number of ether oxygens (including phenoxy) is 2. The molecule has 4 rings (SSSR count). The van der Waals surface area contributed by atoms with Gasteiger partial charge in [-0.25, -0.2) is 0 Å². The molecule has 0 radical (unpaired) electrons. The predicted octanol–water partition coefficient (Wildman–Crippen LogP) is 4.47. The van der Waals surface area contributed by atoms with Gasteiger partial charge in [-0.05, 0) is 57.2 Å². The van der Waals surface area contributed by atoms with Crippen LogP contribution < -0.4 is 9.47 Å². The van der Waals surface area contributed by atoms with E-state index in [0.29, 0.717) is 11.5 Å². The van der Waals surface area contributed by atoms with Crippen LogP contribution in [0.2, 0.25) is 0 Å². The molecule has 1 aliphatic heterocycles. The molecule has 31 heavy (non-hydrogen) atoms. The predicted molar refractivity (Wildman–Crippen MR) is 119 cm³/mol. The Balaban J connectivity index is 1.70. The van der Waals surface area contributed by atoms with Crippen molar-refractivity contribution in [2.45, 2.75) is 95.9 Å². The summed E-state index contributed by atoms with van der Waals surface area (Å²) in [6, 6.07) is 5.45. The number of benzene rings is 1. The minimum absolute atomic E-state index is 0.0226. The Bertz CT molecular complexity index is 797. The smallest absolute Gasteiger partial charge is 0.250 e. The normalized spacial score (nSPS) is 23.7. The van der Waals surface area contributed by atoms with E-state index in [1.165, 1.54) is 6.42 Å². The zero-order valence-corrected chi connectivity index (χ0v) is 19.1. The molecule has 0 aromatic heterocycles. The lowest BCUT2D eigenvalue weighted by Gasteiger charge is -2.46. The zero-order valence-electron chi connectivity index (χ0n) is 19.1. The summed E-state index contributed by atoms with van der Waals surface area (Å²) in [6.07, 6.45) is 9.70. The largest absolute Gasteiger partial charge is 0.493 e. The summed E-state index contributed by atoms with van der Waals surface area (Å²) in [7, 11) is 1.61. The van der Waals surface area contributed by atoms with Crippen LogP contribution in [0.5, 0.6) is 11.5 Å². The van der Waals surface area contributed by atoms with Crippen molar-refractivity contribution in [3.63, 3.8) is 0 Å². The van der Waals surface area contributed by atoms with Crippen molar-refractivity contribution >= 4 is 11.8 Å². The number of amides is 2. The van der Waals surface area contributed by atoms with Crippen molar-refractivity contribution in [3.05, 3.63) is 23.8 Å². The van der Waals surface area contributed by atoms with Crippen molar-refractivity contribution in [1.82, 2.24) is 9.80 Å². The van der Waals surface area contributed by atoms with Gasteiger partial charge in [-0.15, -0.1) is 0 Å². The molecule has 0 bridgehead atoms. The molecule has 1 aromatic rings. The van der Waals surface area contributed by atoms with Gasteiger partial charge in [0.1, 0.15) is 12.6 Å². The summed E-state index contributed by atoms with van der Waals surface area (Å²) in [5, 5.41) is 0. The fourth-order valence-corrected chi connectivity index (χ4v) is 5.53. The van der Waals surface area contributed by atoms with E-state index in [0.717, 1.165) is 56.9 Å². The molecule has 0 unspecified atom stereocenters. The topological polar surface area (TPSA) is 59.1 Å². The first kappa shape index (κ1) is 22.0. The second-order valence-electron chi connectivity index (χ2n) is 9.48. The number of carbonyl (C=O) groups is 2. The van der Waals surface area contributed by atoms with E-state index in [-0.39, 0.29) is 36.5 Å². The van der Waals surface area contributed by atoms with E-state index < -0.39 is 6.04 Å². The molecule has 6 heteroatoms. The molecule has 3 aliphatic rings. The highest BCUT2D eigenvalue weighted by molar-refractivity contribution is 5.96. The van der Waals surface area contributed by atoms with Gasteiger partial charge in [-0.1, -0.05) is 38.2 Å². The first-order valence-electron chi connectivity index (χ1n) is 12.0. The second-order valence-corrected chi connectivity index (χ2v) is 9.48. The van der Waals surface area contributed by atoms with Gasteiger partial charge in [-0.3, -0.25) is 9.59 Å². The highest BCUT2D eigenvalue weighted by Crippen LogP contribution is 2.40. The Kier molecular flexibility index (Phi) is 6.73. The van der Waals surface area contributed by atoms with Gasteiger partial charge in [0.2, 0.25) is 5.91 Å². The van der Waals surface area contributed by atoms with E-state index in [2.05, 4.69) is 0 Å². The Hall–Kier alpha value is -2.24. The standard InChI is InChI=1S/C25H36N2O4/c1-17(2)31-21-14-13-18(15-22(21)30-3)24-25(29)26(19-9-5-4-6-10-19)16-23(28)27(24)20-11-7-8-12-20/h13-15,17,19-20,24H,4-12,16H2,1-3H3/t24-/m0/s1. The van der Waals surface area contributed by atoms with Crippen molar-refractivity contribution in [2.24, 2.45) is 0 Å². The van der Waals surface area contributed by atoms with Gasteiger partial charge in [0.05, 0.1) is 13.2 Å². The fourth-order valence-electron chi connectivity index (χ4n) is 5.53. The molecular weight excluding hydrogens is 392 g/mol. The maximum Gasteiger partial charge on any atom is 0.250 e. The Morgan fingerprint density at radius 2 is 1.55 bits per heavy atom. The van der Waals surface area contributed by atoms with E-state index in [9.17, 15) is 9.59 Å². The summed E-state index contributed by atoms with van der Waals surface area (Å²) >= 11 is 0. The molecule has 2 amide bonds.